The third kappa shape index (κ3) is 3.35. The number of ether oxygens (including phenoxy) is 1. The number of carboxylic acids is 1. The number of anilines is 1. The lowest BCUT2D eigenvalue weighted by Crippen LogP contribution is -2.38. The summed E-state index contributed by atoms with van der Waals surface area (Å²) in [5.41, 5.74) is 8.36. The predicted molar refractivity (Wildman–Crippen MR) is 90.8 cm³/mol. The standard InChI is InChI=1S/C17H22N4O3/c1-20-14(6-7-19-20)13-11-12(18)4-5-16(13)24-10-9-21-8-2-3-15(21)17(22)23/h4-7,11,15H,2-3,8-10,18H2,1H3,(H,22,23). The molecule has 128 valence electrons. The van der Waals surface area contributed by atoms with Gasteiger partial charge < -0.3 is 15.6 Å². The second kappa shape index (κ2) is 6.92. The SMILES string of the molecule is Cn1nccc1-c1cc(N)ccc1OCCN1CCCC1C(=O)O. The number of rotatable bonds is 6. The van der Waals surface area contributed by atoms with Crippen molar-refractivity contribution in [3.8, 4) is 17.0 Å². The topological polar surface area (TPSA) is 93.6 Å². The summed E-state index contributed by atoms with van der Waals surface area (Å²) in [6.07, 6.45) is 3.35. The number of nitrogens with zero attached hydrogens (tertiary/aromatic N) is 3. The first-order valence-electron chi connectivity index (χ1n) is 8.04. The van der Waals surface area contributed by atoms with Crippen LogP contribution in [0.15, 0.2) is 30.5 Å². The summed E-state index contributed by atoms with van der Waals surface area (Å²) in [5.74, 6) is -0.0329. The number of benzene rings is 1. The molecule has 2 aromatic rings. The molecular weight excluding hydrogens is 308 g/mol. The number of aryl methyl sites for hydroxylation is 1. The molecular formula is C17H22N4O3. The number of hydrogen-bond donors (Lipinski definition) is 2. The number of carbonyl (C=O) groups is 1. The van der Waals surface area contributed by atoms with Gasteiger partial charge >= 0.3 is 5.97 Å². The summed E-state index contributed by atoms with van der Waals surface area (Å²) < 4.78 is 7.70. The minimum atomic E-state index is -0.754. The Kier molecular flexibility index (Phi) is 4.71. The Hall–Kier alpha value is -2.54. The van der Waals surface area contributed by atoms with Crippen LogP contribution in [0.5, 0.6) is 5.75 Å². The van der Waals surface area contributed by atoms with Gasteiger partial charge in [-0.3, -0.25) is 14.4 Å². The van der Waals surface area contributed by atoms with E-state index in [-0.39, 0.29) is 0 Å². The molecule has 3 rings (SSSR count). The maximum absolute atomic E-state index is 11.2. The second-order valence-corrected chi connectivity index (χ2v) is 5.98. The molecule has 1 saturated heterocycles. The maximum atomic E-state index is 11.2. The van der Waals surface area contributed by atoms with E-state index in [1.165, 1.54) is 0 Å². The Bertz CT molecular complexity index is 728. The number of hydrogen-bond acceptors (Lipinski definition) is 5. The third-order valence-corrected chi connectivity index (χ3v) is 4.39. The molecule has 0 radical (unpaired) electrons. The molecule has 1 fully saturated rings. The van der Waals surface area contributed by atoms with Crippen LogP contribution in [0.2, 0.25) is 0 Å². The minimum absolute atomic E-state index is 0.392. The van der Waals surface area contributed by atoms with Gasteiger partial charge in [0.1, 0.15) is 18.4 Å². The molecule has 1 aliphatic heterocycles. The van der Waals surface area contributed by atoms with Crippen molar-refractivity contribution in [2.45, 2.75) is 18.9 Å². The Morgan fingerprint density at radius 1 is 1.46 bits per heavy atom. The van der Waals surface area contributed by atoms with Crippen molar-refractivity contribution in [3.63, 3.8) is 0 Å². The number of carboxylic acid groups (broad SMARTS) is 1. The first-order valence-corrected chi connectivity index (χ1v) is 8.04. The van der Waals surface area contributed by atoms with Crippen LogP contribution >= 0.6 is 0 Å². The van der Waals surface area contributed by atoms with Gasteiger partial charge in [-0.05, 0) is 43.7 Å². The average Bonchev–Trinajstić information content (AvgIpc) is 3.17. The van der Waals surface area contributed by atoms with E-state index in [1.54, 1.807) is 16.9 Å². The highest BCUT2D eigenvalue weighted by molar-refractivity contribution is 5.74. The minimum Gasteiger partial charge on any atom is -0.492 e. The molecule has 7 heteroatoms. The fourth-order valence-electron chi connectivity index (χ4n) is 3.16. The van der Waals surface area contributed by atoms with E-state index in [1.807, 2.05) is 30.1 Å². The summed E-state index contributed by atoms with van der Waals surface area (Å²) in [5, 5.41) is 13.4. The molecule has 0 amide bonds. The number of aromatic nitrogens is 2. The van der Waals surface area contributed by atoms with Gasteiger partial charge in [0, 0.05) is 31.0 Å². The molecule has 0 aliphatic carbocycles. The second-order valence-electron chi connectivity index (χ2n) is 5.98. The van der Waals surface area contributed by atoms with E-state index in [0.29, 0.717) is 25.3 Å². The fourth-order valence-corrected chi connectivity index (χ4v) is 3.16. The molecule has 1 aromatic heterocycles. The van der Waals surface area contributed by atoms with Crippen LogP contribution < -0.4 is 10.5 Å². The molecule has 0 saturated carbocycles. The van der Waals surface area contributed by atoms with E-state index in [4.69, 9.17) is 10.5 Å². The monoisotopic (exact) mass is 330 g/mol. The van der Waals surface area contributed by atoms with Crippen LogP contribution in [-0.2, 0) is 11.8 Å². The van der Waals surface area contributed by atoms with E-state index in [2.05, 4.69) is 5.10 Å². The van der Waals surface area contributed by atoms with Crippen LogP contribution in [-0.4, -0.2) is 51.5 Å². The summed E-state index contributed by atoms with van der Waals surface area (Å²) in [6.45, 7) is 1.82. The Morgan fingerprint density at radius 3 is 3.00 bits per heavy atom. The van der Waals surface area contributed by atoms with Crippen LogP contribution in [0.3, 0.4) is 0 Å². The lowest BCUT2D eigenvalue weighted by atomic mass is 10.1. The fraction of sp³-hybridized carbons (Fsp3) is 0.412. The molecule has 1 aromatic carbocycles. The van der Waals surface area contributed by atoms with Crippen LogP contribution in [0, 0.1) is 0 Å². The number of nitrogens with two attached hydrogens (primary N) is 1. The van der Waals surface area contributed by atoms with Gasteiger partial charge in [-0.1, -0.05) is 0 Å². The van der Waals surface area contributed by atoms with E-state index in [0.717, 1.165) is 30.0 Å². The molecule has 0 bridgehead atoms. The Balaban J connectivity index is 1.70. The van der Waals surface area contributed by atoms with E-state index >= 15 is 0 Å². The zero-order valence-electron chi connectivity index (χ0n) is 13.7. The van der Waals surface area contributed by atoms with Crippen molar-refractivity contribution in [2.24, 2.45) is 7.05 Å². The lowest BCUT2D eigenvalue weighted by molar-refractivity contribution is -0.142. The molecule has 1 atom stereocenters. The molecule has 1 aliphatic rings. The van der Waals surface area contributed by atoms with E-state index < -0.39 is 12.0 Å². The maximum Gasteiger partial charge on any atom is 0.320 e. The largest absolute Gasteiger partial charge is 0.492 e. The van der Waals surface area contributed by atoms with Crippen LogP contribution in [0.25, 0.3) is 11.3 Å². The van der Waals surface area contributed by atoms with Gasteiger partial charge in [0.05, 0.1) is 5.69 Å². The molecule has 7 nitrogen and oxygen atoms in total. The Labute approximate surface area is 140 Å². The van der Waals surface area contributed by atoms with Crippen molar-refractivity contribution in [3.05, 3.63) is 30.5 Å². The van der Waals surface area contributed by atoms with Crippen molar-refractivity contribution in [1.82, 2.24) is 14.7 Å². The van der Waals surface area contributed by atoms with Crippen LogP contribution in [0.4, 0.5) is 5.69 Å². The highest BCUT2D eigenvalue weighted by Crippen LogP contribution is 2.31. The zero-order chi connectivity index (χ0) is 17.1. The normalized spacial score (nSPS) is 18.0. The molecule has 24 heavy (non-hydrogen) atoms. The smallest absolute Gasteiger partial charge is 0.320 e. The highest BCUT2D eigenvalue weighted by atomic mass is 16.5. The van der Waals surface area contributed by atoms with Crippen molar-refractivity contribution < 1.29 is 14.6 Å². The number of aliphatic carboxylic acids is 1. The van der Waals surface area contributed by atoms with Crippen molar-refractivity contribution in [2.75, 3.05) is 25.4 Å². The molecule has 1 unspecified atom stereocenters. The van der Waals surface area contributed by atoms with Gasteiger partial charge in [0.15, 0.2) is 0 Å². The van der Waals surface area contributed by atoms with Crippen LogP contribution in [0.1, 0.15) is 12.8 Å². The summed E-state index contributed by atoms with van der Waals surface area (Å²) in [6, 6.07) is 7.02. The van der Waals surface area contributed by atoms with Gasteiger partial charge in [-0.25, -0.2) is 0 Å². The first kappa shape index (κ1) is 16.3. The summed E-state index contributed by atoms with van der Waals surface area (Å²) >= 11 is 0. The van der Waals surface area contributed by atoms with E-state index in [9.17, 15) is 9.90 Å². The van der Waals surface area contributed by atoms with Crippen molar-refractivity contribution in [1.29, 1.82) is 0 Å². The predicted octanol–water partition coefficient (Wildman–Crippen LogP) is 1.60. The summed E-state index contributed by atoms with van der Waals surface area (Å²) in [7, 11) is 1.87. The molecule has 2 heterocycles. The van der Waals surface area contributed by atoms with Gasteiger partial charge in [-0.2, -0.15) is 5.10 Å². The number of nitrogen functional groups attached to an aromatic ring is 1. The number of likely N-dealkylation sites (tertiary alicyclic amines) is 1. The summed E-state index contributed by atoms with van der Waals surface area (Å²) in [4.78, 5) is 13.2. The van der Waals surface area contributed by atoms with Gasteiger partial charge in [0.2, 0.25) is 0 Å². The van der Waals surface area contributed by atoms with Gasteiger partial charge in [-0.15, -0.1) is 0 Å². The van der Waals surface area contributed by atoms with Gasteiger partial charge in [0.25, 0.3) is 0 Å². The molecule has 3 N–H and O–H groups in total. The highest BCUT2D eigenvalue weighted by Gasteiger charge is 2.30. The third-order valence-electron chi connectivity index (χ3n) is 4.39. The Morgan fingerprint density at radius 2 is 2.29 bits per heavy atom. The quantitative estimate of drug-likeness (QED) is 0.781. The molecule has 0 spiro atoms. The average molecular weight is 330 g/mol. The van der Waals surface area contributed by atoms with Crippen molar-refractivity contribution >= 4 is 11.7 Å². The lowest BCUT2D eigenvalue weighted by Gasteiger charge is -2.21. The zero-order valence-corrected chi connectivity index (χ0v) is 13.7. The first-order chi connectivity index (χ1) is 11.6.